The van der Waals surface area contributed by atoms with Crippen molar-refractivity contribution in [3.05, 3.63) is 95.3 Å². The monoisotopic (exact) mass is 1160 g/mol. The van der Waals surface area contributed by atoms with E-state index in [2.05, 4.69) is 42.4 Å². The van der Waals surface area contributed by atoms with Gasteiger partial charge in [0.15, 0.2) is 0 Å². The van der Waals surface area contributed by atoms with Gasteiger partial charge in [0.25, 0.3) is 11.8 Å². The number of hydrogen-bond donors (Lipinski definition) is 10. The van der Waals surface area contributed by atoms with Gasteiger partial charge < -0.3 is 46.6 Å². The number of rotatable bonds is 6. The molecule has 7 amide bonds. The van der Waals surface area contributed by atoms with Crippen molar-refractivity contribution < 1.29 is 58.4 Å². The maximum Gasteiger partial charge on any atom is 0.325 e. The van der Waals surface area contributed by atoms with Crippen LogP contribution in [-0.2, 0) is 43.1 Å². The number of nitrogens with zero attached hydrogens (tertiary/aromatic N) is 4. The van der Waals surface area contributed by atoms with Gasteiger partial charge in [-0.1, -0.05) is 95.3 Å². The number of pyridine rings is 2. The predicted octanol–water partition coefficient (Wildman–Crippen LogP) is 2.95. The minimum Gasteiger partial charge on any atom is -0.455 e. The molecule has 10 N–H and O–H groups in total. The number of esters is 1. The third-order valence-corrected chi connectivity index (χ3v) is 16.0. The number of aliphatic hydroxyl groups excluding tert-OH is 3. The van der Waals surface area contributed by atoms with Crippen LogP contribution in [0.3, 0.4) is 0 Å². The topological polar surface area (TPSA) is 323 Å². The van der Waals surface area contributed by atoms with Gasteiger partial charge in [-0.25, -0.2) is 15.8 Å². The SMILES string of the molecule is CC(C)[C@@H]1NC(=O)C(CO)(CO)/C=C/c2ccc3ccc(nc3c2)[C@@H](C)OC(=O)[C@@H]2CCCN(N2)C(=O)[C@H](C)NC1=O.CCC1(CO)/C=C/c2ccc3ccc(nc3c2)[C@@H](C)NC(=O)[C@@H]2CCCN(N2)C(=O)[C@H](C)NC(=O)[C@H](C(C)C)NC1=O. The lowest BCUT2D eigenvalue weighted by atomic mass is 9.83. The van der Waals surface area contributed by atoms with Gasteiger partial charge in [0.05, 0.1) is 53.7 Å². The molecule has 9 atom stereocenters. The van der Waals surface area contributed by atoms with Crippen LogP contribution in [0.15, 0.2) is 72.8 Å². The van der Waals surface area contributed by atoms with Gasteiger partial charge in [0.2, 0.25) is 29.5 Å². The quantitative estimate of drug-likeness (QED) is 0.124. The van der Waals surface area contributed by atoms with Crippen LogP contribution in [0, 0.1) is 22.7 Å². The molecule has 2 aromatic heterocycles. The minimum absolute atomic E-state index is 0.247. The van der Waals surface area contributed by atoms with Gasteiger partial charge in [-0.2, -0.15) is 0 Å². The number of cyclic esters (lactones) is 1. The van der Waals surface area contributed by atoms with E-state index in [1.165, 1.54) is 23.0 Å². The Labute approximate surface area is 489 Å². The fourth-order valence-corrected chi connectivity index (χ4v) is 10.2. The summed E-state index contributed by atoms with van der Waals surface area (Å²) >= 11 is 0. The molecule has 23 heteroatoms. The zero-order chi connectivity index (χ0) is 61.2. The summed E-state index contributed by atoms with van der Waals surface area (Å²) in [6.07, 6.45) is 8.24. The van der Waals surface area contributed by atoms with E-state index >= 15 is 0 Å². The molecule has 452 valence electrons. The lowest BCUT2D eigenvalue weighted by molar-refractivity contribution is -0.157. The molecule has 0 spiro atoms. The summed E-state index contributed by atoms with van der Waals surface area (Å²) < 4.78 is 5.72. The molecular formula is C61H81N11O12. The van der Waals surface area contributed by atoms with Gasteiger partial charge in [0.1, 0.15) is 47.8 Å². The van der Waals surface area contributed by atoms with Crippen LogP contribution in [0.1, 0.15) is 129 Å². The number of ether oxygens (including phenoxy) is 1. The van der Waals surface area contributed by atoms with Crippen molar-refractivity contribution in [2.45, 2.75) is 143 Å². The number of amides is 7. The van der Waals surface area contributed by atoms with Crippen LogP contribution in [-0.4, -0.2) is 152 Å². The minimum atomic E-state index is -1.73. The first-order chi connectivity index (χ1) is 39.9. The first-order valence-corrected chi connectivity index (χ1v) is 28.9. The molecular weight excluding hydrogens is 1080 g/mol. The van der Waals surface area contributed by atoms with Crippen molar-refractivity contribution in [3.8, 4) is 0 Å². The van der Waals surface area contributed by atoms with Gasteiger partial charge in [-0.15, -0.1) is 0 Å². The first-order valence-electron chi connectivity index (χ1n) is 28.9. The highest BCUT2D eigenvalue weighted by atomic mass is 16.5. The Morgan fingerprint density at radius 3 is 1.48 bits per heavy atom. The molecule has 0 saturated carbocycles. The Hall–Kier alpha value is -7.70. The normalized spacial score (nSPS) is 27.6. The summed E-state index contributed by atoms with van der Waals surface area (Å²) in [6, 6.07) is 12.9. The van der Waals surface area contributed by atoms with Crippen molar-refractivity contribution in [1.82, 2.24) is 57.4 Å². The predicted molar refractivity (Wildman–Crippen MR) is 314 cm³/mol. The average molecular weight is 1160 g/mol. The summed E-state index contributed by atoms with van der Waals surface area (Å²) in [6.45, 7) is 14.4. The largest absolute Gasteiger partial charge is 0.455 e. The summed E-state index contributed by atoms with van der Waals surface area (Å²) in [5.74, 6) is -4.62. The highest BCUT2D eigenvalue weighted by Crippen LogP contribution is 2.29. The Kier molecular flexibility index (Phi) is 21.1. The summed E-state index contributed by atoms with van der Waals surface area (Å²) in [7, 11) is 0. The molecule has 0 radical (unpaired) electrons. The van der Waals surface area contributed by atoms with E-state index in [-0.39, 0.29) is 29.7 Å². The average Bonchev–Trinajstić information content (AvgIpc) is 3.65. The fraction of sp³-hybridized carbons (Fsp3) is 0.508. The van der Waals surface area contributed by atoms with Gasteiger partial charge in [-0.3, -0.25) is 53.4 Å². The molecule has 4 aliphatic rings. The summed E-state index contributed by atoms with van der Waals surface area (Å²) in [5, 5.41) is 49.1. The third kappa shape index (κ3) is 14.8. The molecule has 0 aliphatic carbocycles. The lowest BCUT2D eigenvalue weighted by Gasteiger charge is -2.35. The molecule has 4 aromatic rings. The number of benzene rings is 2. The zero-order valence-electron chi connectivity index (χ0n) is 49.2. The van der Waals surface area contributed by atoms with Crippen LogP contribution in [0.25, 0.3) is 34.0 Å². The molecule has 23 nitrogen and oxygen atoms in total. The Balaban J connectivity index is 0.000000241. The van der Waals surface area contributed by atoms with Crippen molar-refractivity contribution in [3.63, 3.8) is 0 Å². The molecule has 1 unspecified atom stereocenters. The first kappa shape index (κ1) is 63.9. The van der Waals surface area contributed by atoms with Gasteiger partial charge in [-0.05, 0) is 107 Å². The van der Waals surface area contributed by atoms with E-state index in [1.807, 2.05) is 49.4 Å². The third-order valence-electron chi connectivity index (χ3n) is 16.0. The van der Waals surface area contributed by atoms with Crippen molar-refractivity contribution >= 4 is 81.3 Å². The van der Waals surface area contributed by atoms with E-state index in [1.54, 1.807) is 84.9 Å². The van der Waals surface area contributed by atoms with Gasteiger partial charge in [0, 0.05) is 23.9 Å². The molecule has 6 heterocycles. The van der Waals surface area contributed by atoms with Crippen molar-refractivity contribution in [1.29, 1.82) is 0 Å². The molecule has 84 heavy (non-hydrogen) atoms. The number of carbonyl (C=O) groups excluding carboxylic acids is 8. The Morgan fingerprint density at radius 1 is 0.560 bits per heavy atom. The van der Waals surface area contributed by atoms with E-state index < -0.39 is 109 Å². The number of aliphatic hydroxyl groups is 3. The number of aromatic nitrogens is 2. The molecule has 2 saturated heterocycles. The number of nitrogens with one attached hydrogen (secondary N) is 7. The number of hydrazine groups is 2. The number of carbonyl (C=O) groups is 8. The second-order valence-corrected chi connectivity index (χ2v) is 23.0. The smallest absolute Gasteiger partial charge is 0.325 e. The fourth-order valence-electron chi connectivity index (χ4n) is 10.2. The number of hydrogen-bond acceptors (Lipinski definition) is 16. The summed E-state index contributed by atoms with van der Waals surface area (Å²) in [5.41, 5.74) is 6.93. The van der Waals surface area contributed by atoms with Crippen LogP contribution >= 0.6 is 0 Å². The van der Waals surface area contributed by atoms with Crippen molar-refractivity contribution in [2.75, 3.05) is 32.9 Å². The molecule has 10 bridgehead atoms. The highest BCUT2D eigenvalue weighted by molar-refractivity contribution is 5.96. The second-order valence-electron chi connectivity index (χ2n) is 23.0. The standard InChI is InChI=1S/C31H42N6O5.C30H39N5O7/c1-6-31(17-38)14-13-21-9-10-22-11-12-23(34-25(22)16-21)19(4)32-27(39)24-8-7-15-37(36-24)29(41)20(5)33-28(40)26(18(2)3)35-30(31)42;1-17(2)25-26(38)31-18(3)27(39)35-13-5-6-23(34-35)28(40)42-19(4)22-10-9-21-8-7-20(14-24(21)32-22)11-12-30(15-36,16-37)29(41)33-25/h9-14,16,18-20,24,26,36,38H,6-8,15,17H2,1-5H3,(H,32,39)(H,33,40)(H,35,42);7-12,14,17-19,23,25,34,36-37H,5-6,13,15-16H2,1-4H3,(H,31,38)(H,33,41)/b14-13+;12-11+/t19-,20+,24+,26+,31?;18-,19+,23-,25-/m10/s1. The van der Waals surface area contributed by atoms with Crippen molar-refractivity contribution in [2.24, 2.45) is 22.7 Å². The Bertz CT molecular complexity index is 2950. The molecule has 2 fully saturated rings. The molecule has 8 rings (SSSR count). The maximum absolute atomic E-state index is 13.6. The van der Waals surface area contributed by atoms with E-state index in [0.717, 1.165) is 21.9 Å². The van der Waals surface area contributed by atoms with Crippen LogP contribution < -0.4 is 37.4 Å². The Morgan fingerprint density at radius 2 is 0.988 bits per heavy atom. The maximum atomic E-state index is 13.6. The van der Waals surface area contributed by atoms with Gasteiger partial charge >= 0.3 is 5.97 Å². The second kappa shape index (κ2) is 27.8. The zero-order valence-corrected chi connectivity index (χ0v) is 49.2. The van der Waals surface area contributed by atoms with E-state index in [9.17, 15) is 53.7 Å². The van der Waals surface area contributed by atoms with Crippen LogP contribution in [0.5, 0.6) is 0 Å². The molecule has 4 aliphatic heterocycles. The van der Waals surface area contributed by atoms with Crippen LogP contribution in [0.2, 0.25) is 0 Å². The van der Waals surface area contributed by atoms with Crippen LogP contribution in [0.4, 0.5) is 0 Å². The molecule has 2 aromatic carbocycles. The van der Waals surface area contributed by atoms with E-state index in [0.29, 0.717) is 67.7 Å². The summed E-state index contributed by atoms with van der Waals surface area (Å²) in [4.78, 5) is 116. The number of fused-ring (bicyclic) bond motifs is 8. The lowest BCUT2D eigenvalue weighted by Crippen LogP contribution is -2.62. The van der Waals surface area contributed by atoms with E-state index in [4.69, 9.17) is 9.72 Å². The highest BCUT2D eigenvalue weighted by Gasteiger charge is 2.41.